The number of benzene rings is 2. The summed E-state index contributed by atoms with van der Waals surface area (Å²) in [5.74, 6) is 0.913. The van der Waals surface area contributed by atoms with Gasteiger partial charge in [-0.2, -0.15) is 0 Å². The molecule has 1 aromatic heterocycles. The van der Waals surface area contributed by atoms with Gasteiger partial charge in [0.25, 0.3) is 0 Å². The van der Waals surface area contributed by atoms with Crippen molar-refractivity contribution in [1.82, 2.24) is 9.97 Å². The van der Waals surface area contributed by atoms with Crippen molar-refractivity contribution in [3.05, 3.63) is 66.2 Å². The maximum Gasteiger partial charge on any atom is 0.229 e. The van der Waals surface area contributed by atoms with E-state index in [1.807, 2.05) is 19.1 Å². The Morgan fingerprint density at radius 3 is 2.57 bits per heavy atom. The molecule has 1 aliphatic carbocycles. The summed E-state index contributed by atoms with van der Waals surface area (Å²) >= 11 is 0. The predicted molar refractivity (Wildman–Crippen MR) is 109 cm³/mol. The smallest absolute Gasteiger partial charge is 0.229 e. The van der Waals surface area contributed by atoms with Crippen molar-refractivity contribution in [2.45, 2.75) is 30.1 Å². The lowest BCUT2D eigenvalue weighted by molar-refractivity contribution is 0.631. The van der Waals surface area contributed by atoms with E-state index in [1.165, 1.54) is 11.6 Å². The van der Waals surface area contributed by atoms with Crippen molar-refractivity contribution >= 4 is 22.4 Å². The predicted octanol–water partition coefficient (Wildman–Crippen LogP) is 4.59. The number of hydrogen-bond acceptors (Lipinski definition) is 4. The van der Waals surface area contributed by atoms with Crippen molar-refractivity contribution < 1.29 is 8.60 Å². The highest BCUT2D eigenvalue weighted by Crippen LogP contribution is 2.57. The monoisotopic (exact) mass is 393 g/mol. The molecule has 142 valence electrons. The molecule has 2 heterocycles. The van der Waals surface area contributed by atoms with Gasteiger partial charge < -0.3 is 4.90 Å². The highest BCUT2D eigenvalue weighted by molar-refractivity contribution is 7.85. The van der Waals surface area contributed by atoms with Crippen LogP contribution in [0.2, 0.25) is 0 Å². The molecule has 1 atom stereocenters. The van der Waals surface area contributed by atoms with E-state index in [9.17, 15) is 8.60 Å². The van der Waals surface area contributed by atoms with Gasteiger partial charge in [0, 0.05) is 51.8 Å². The molecule has 4 nitrogen and oxygen atoms in total. The van der Waals surface area contributed by atoms with Gasteiger partial charge in [-0.05, 0) is 36.6 Å². The Bertz CT molecular complexity index is 1080. The summed E-state index contributed by atoms with van der Waals surface area (Å²) in [6.45, 7) is 2.76. The number of anilines is 2. The van der Waals surface area contributed by atoms with Crippen LogP contribution < -0.4 is 4.90 Å². The van der Waals surface area contributed by atoms with E-state index < -0.39 is 10.8 Å². The first kappa shape index (κ1) is 17.5. The van der Waals surface area contributed by atoms with Crippen molar-refractivity contribution in [2.75, 3.05) is 17.2 Å². The maximum absolute atomic E-state index is 14.0. The van der Waals surface area contributed by atoms with Crippen LogP contribution >= 0.6 is 0 Å². The molecule has 1 fully saturated rings. The molecular weight excluding hydrogens is 373 g/mol. The summed E-state index contributed by atoms with van der Waals surface area (Å²) in [7, 11) is -0.999. The molecule has 1 spiro atoms. The molecule has 0 amide bonds. The third-order valence-electron chi connectivity index (χ3n) is 5.74. The van der Waals surface area contributed by atoms with Crippen LogP contribution in [-0.2, 0) is 16.2 Å². The Morgan fingerprint density at radius 1 is 1.14 bits per heavy atom. The summed E-state index contributed by atoms with van der Waals surface area (Å²) in [4.78, 5) is 12.0. The number of nitrogens with zero attached hydrogens (tertiary/aromatic N) is 3. The van der Waals surface area contributed by atoms with Crippen LogP contribution in [0.5, 0.6) is 0 Å². The Labute approximate surface area is 165 Å². The molecule has 0 bridgehead atoms. The SMILES string of the molecule is CCS(=O)c1ccc2c(c1)N(c1ncc(-c3ccccc3F)cn1)CC21CC1. The lowest BCUT2D eigenvalue weighted by Crippen LogP contribution is -2.21. The summed E-state index contributed by atoms with van der Waals surface area (Å²) in [5, 5.41) is 0. The standard InChI is InChI=1S/C22H20FN3OS/c1-2-28(27)16-7-8-18-20(11-16)26(14-22(18)9-10-22)21-24-12-15(13-25-21)17-5-3-4-6-19(17)23/h3-8,11-13H,2,9-10,14H2,1H3. The van der Waals surface area contributed by atoms with Crippen molar-refractivity contribution in [3.63, 3.8) is 0 Å². The van der Waals surface area contributed by atoms with E-state index in [0.29, 0.717) is 22.8 Å². The van der Waals surface area contributed by atoms with Crippen LogP contribution in [-0.4, -0.2) is 26.5 Å². The first-order chi connectivity index (χ1) is 13.6. The average molecular weight is 393 g/mol. The minimum absolute atomic E-state index is 0.176. The van der Waals surface area contributed by atoms with Gasteiger partial charge in [-0.3, -0.25) is 4.21 Å². The van der Waals surface area contributed by atoms with Gasteiger partial charge in [0.1, 0.15) is 5.82 Å². The third kappa shape index (κ3) is 2.75. The third-order valence-corrected chi connectivity index (χ3v) is 7.04. The lowest BCUT2D eigenvalue weighted by Gasteiger charge is -2.18. The lowest BCUT2D eigenvalue weighted by atomic mass is 9.99. The fourth-order valence-corrected chi connectivity index (χ4v) is 4.81. The second kappa shape index (κ2) is 6.48. The van der Waals surface area contributed by atoms with Crippen LogP contribution in [0.25, 0.3) is 11.1 Å². The van der Waals surface area contributed by atoms with Crippen LogP contribution in [0.3, 0.4) is 0 Å². The quantitative estimate of drug-likeness (QED) is 0.650. The zero-order valence-electron chi connectivity index (χ0n) is 15.6. The Kier molecular flexibility index (Phi) is 4.05. The summed E-state index contributed by atoms with van der Waals surface area (Å²) in [6.07, 6.45) is 5.65. The van der Waals surface area contributed by atoms with Crippen molar-refractivity contribution in [2.24, 2.45) is 0 Å². The molecule has 2 aromatic carbocycles. The molecule has 5 rings (SSSR count). The number of rotatable bonds is 4. The van der Waals surface area contributed by atoms with E-state index in [4.69, 9.17) is 0 Å². The molecule has 0 saturated heterocycles. The number of halogens is 1. The molecule has 0 N–H and O–H groups in total. The van der Waals surface area contributed by atoms with Gasteiger partial charge in [0.05, 0.1) is 10.8 Å². The van der Waals surface area contributed by atoms with Gasteiger partial charge in [0.15, 0.2) is 0 Å². The van der Waals surface area contributed by atoms with Crippen LogP contribution in [0, 0.1) is 5.82 Å². The summed E-state index contributed by atoms with van der Waals surface area (Å²) < 4.78 is 26.3. The maximum atomic E-state index is 14.0. The Hall–Kier alpha value is -2.60. The molecule has 3 aromatic rings. The highest BCUT2D eigenvalue weighted by Gasteiger charge is 2.52. The molecular formula is C22H20FN3OS. The number of aromatic nitrogens is 2. The Balaban J connectivity index is 1.53. The molecule has 2 aliphatic rings. The van der Waals surface area contributed by atoms with Crippen LogP contribution in [0.15, 0.2) is 59.8 Å². The molecule has 28 heavy (non-hydrogen) atoms. The second-order valence-corrected chi connectivity index (χ2v) is 9.17. The minimum atomic E-state index is -0.999. The first-order valence-corrected chi connectivity index (χ1v) is 10.8. The van der Waals surface area contributed by atoms with E-state index in [0.717, 1.165) is 30.0 Å². The first-order valence-electron chi connectivity index (χ1n) is 9.49. The van der Waals surface area contributed by atoms with Crippen LogP contribution in [0.1, 0.15) is 25.3 Å². The van der Waals surface area contributed by atoms with Gasteiger partial charge >= 0.3 is 0 Å². The molecule has 0 radical (unpaired) electrons. The van der Waals surface area contributed by atoms with Gasteiger partial charge in [-0.1, -0.05) is 31.2 Å². The number of fused-ring (bicyclic) bond motifs is 2. The van der Waals surface area contributed by atoms with Gasteiger partial charge in [0.2, 0.25) is 5.95 Å². The van der Waals surface area contributed by atoms with Gasteiger partial charge in [-0.25, -0.2) is 14.4 Å². The van der Waals surface area contributed by atoms with E-state index in [-0.39, 0.29) is 11.2 Å². The molecule has 1 aliphatic heterocycles. The normalized spacial score (nSPS) is 17.6. The fourth-order valence-electron chi connectivity index (χ4n) is 4.02. The van der Waals surface area contributed by atoms with Crippen LogP contribution in [0.4, 0.5) is 16.0 Å². The Morgan fingerprint density at radius 2 is 1.89 bits per heavy atom. The minimum Gasteiger partial charge on any atom is -0.309 e. The van der Waals surface area contributed by atoms with E-state index >= 15 is 0 Å². The van der Waals surface area contributed by atoms with E-state index in [2.05, 4.69) is 20.9 Å². The fraction of sp³-hybridized carbons (Fsp3) is 0.273. The zero-order chi connectivity index (χ0) is 19.3. The van der Waals surface area contributed by atoms with Crippen molar-refractivity contribution in [3.8, 4) is 11.1 Å². The number of hydrogen-bond donors (Lipinski definition) is 0. The molecule has 6 heteroatoms. The highest BCUT2D eigenvalue weighted by atomic mass is 32.2. The molecule has 1 saturated carbocycles. The largest absolute Gasteiger partial charge is 0.309 e. The second-order valence-electron chi connectivity index (χ2n) is 7.43. The molecule has 1 unspecified atom stereocenters. The summed E-state index contributed by atoms with van der Waals surface area (Å²) in [6, 6.07) is 12.8. The van der Waals surface area contributed by atoms with E-state index in [1.54, 1.807) is 30.6 Å². The average Bonchev–Trinajstić information content (AvgIpc) is 3.44. The van der Waals surface area contributed by atoms with Crippen molar-refractivity contribution in [1.29, 1.82) is 0 Å². The summed E-state index contributed by atoms with van der Waals surface area (Å²) in [5.41, 5.74) is 3.68. The topological polar surface area (TPSA) is 46.1 Å². The zero-order valence-corrected chi connectivity index (χ0v) is 16.4. The van der Waals surface area contributed by atoms with Gasteiger partial charge in [-0.15, -0.1) is 0 Å².